The second-order valence-electron chi connectivity index (χ2n) is 4.26. The van der Waals surface area contributed by atoms with Gasteiger partial charge in [0, 0.05) is 5.69 Å². The number of phenols is 1. The Labute approximate surface area is 122 Å². The van der Waals surface area contributed by atoms with Crippen LogP contribution < -0.4 is 5.32 Å². The van der Waals surface area contributed by atoms with Crippen LogP contribution in [0, 0.1) is 6.92 Å². The van der Waals surface area contributed by atoms with E-state index in [9.17, 15) is 19.5 Å². The van der Waals surface area contributed by atoms with E-state index in [1.807, 2.05) is 0 Å². The van der Waals surface area contributed by atoms with Crippen molar-refractivity contribution in [1.29, 1.82) is 0 Å². The van der Waals surface area contributed by atoms with Crippen molar-refractivity contribution in [3.8, 4) is 5.75 Å². The molecule has 0 fully saturated rings. The molecule has 0 saturated carbocycles. The molecule has 0 aliphatic rings. The lowest BCUT2D eigenvalue weighted by atomic mass is 10.1. The third kappa shape index (κ3) is 2.73. The Morgan fingerprint density at radius 2 is 1.86 bits per heavy atom. The zero-order chi connectivity index (χ0) is 16.4. The van der Waals surface area contributed by atoms with E-state index in [1.54, 1.807) is 0 Å². The molecule has 0 aliphatic carbocycles. The fourth-order valence-corrected chi connectivity index (χ4v) is 1.75. The number of aryl methyl sites for hydroxylation is 1. The second-order valence-corrected chi connectivity index (χ2v) is 4.26. The van der Waals surface area contributed by atoms with Gasteiger partial charge in [-0.3, -0.25) is 4.79 Å². The lowest BCUT2D eigenvalue weighted by Crippen LogP contribution is -2.16. The van der Waals surface area contributed by atoms with Crippen molar-refractivity contribution in [3.63, 3.8) is 0 Å². The molecule has 1 heterocycles. The van der Waals surface area contributed by atoms with Crippen LogP contribution >= 0.6 is 0 Å². The number of carboxylic acids is 2. The molecule has 0 aliphatic heterocycles. The van der Waals surface area contributed by atoms with Crippen molar-refractivity contribution in [2.75, 3.05) is 5.32 Å². The summed E-state index contributed by atoms with van der Waals surface area (Å²) < 4.78 is 4.67. The number of amides is 1. The third-order valence-electron chi connectivity index (χ3n) is 2.78. The first-order chi connectivity index (χ1) is 10.3. The Morgan fingerprint density at radius 1 is 1.18 bits per heavy atom. The minimum absolute atomic E-state index is 0.0328. The first kappa shape index (κ1) is 15.0. The molecule has 4 N–H and O–H groups in total. The summed E-state index contributed by atoms with van der Waals surface area (Å²) in [7, 11) is 0. The van der Waals surface area contributed by atoms with Gasteiger partial charge in [-0.1, -0.05) is 5.16 Å². The molecule has 9 nitrogen and oxygen atoms in total. The Kier molecular flexibility index (Phi) is 3.80. The maximum atomic E-state index is 12.0. The first-order valence-corrected chi connectivity index (χ1v) is 5.88. The number of nitrogens with zero attached hydrogens (tertiary/aromatic N) is 1. The average molecular weight is 306 g/mol. The highest BCUT2D eigenvalue weighted by Crippen LogP contribution is 2.22. The number of carbonyl (C=O) groups is 3. The molecular formula is C13H10N2O7. The minimum Gasteiger partial charge on any atom is -0.507 e. The zero-order valence-corrected chi connectivity index (χ0v) is 11.2. The number of benzene rings is 1. The monoisotopic (exact) mass is 306 g/mol. The molecule has 1 amide bonds. The Bertz CT molecular complexity index is 779. The van der Waals surface area contributed by atoms with Gasteiger partial charge in [-0.2, -0.15) is 0 Å². The van der Waals surface area contributed by atoms with E-state index in [4.69, 9.17) is 10.2 Å². The maximum Gasteiger partial charge on any atom is 0.341 e. The smallest absolute Gasteiger partial charge is 0.341 e. The van der Waals surface area contributed by atoms with E-state index in [-0.39, 0.29) is 17.0 Å². The molecule has 2 aromatic rings. The number of hydrogen-bond acceptors (Lipinski definition) is 6. The van der Waals surface area contributed by atoms with Crippen molar-refractivity contribution in [3.05, 3.63) is 40.8 Å². The van der Waals surface area contributed by atoms with Crippen molar-refractivity contribution < 1.29 is 34.2 Å². The number of rotatable bonds is 4. The molecule has 0 bridgehead atoms. The number of aromatic hydroxyl groups is 1. The number of hydrogen-bond donors (Lipinski definition) is 4. The summed E-state index contributed by atoms with van der Waals surface area (Å²) in [6.07, 6.45) is 0. The molecule has 0 radical (unpaired) electrons. The van der Waals surface area contributed by atoms with Crippen LogP contribution in [0.1, 0.15) is 37.0 Å². The third-order valence-corrected chi connectivity index (χ3v) is 2.78. The SMILES string of the molecule is Cc1onc(C(=O)Nc2ccc(O)c(C(=O)O)c2)c1C(=O)O. The summed E-state index contributed by atoms with van der Waals surface area (Å²) in [5, 5.41) is 32.9. The molecule has 22 heavy (non-hydrogen) atoms. The number of aromatic nitrogens is 1. The first-order valence-electron chi connectivity index (χ1n) is 5.88. The van der Waals surface area contributed by atoms with Gasteiger partial charge in [0.25, 0.3) is 5.91 Å². The molecule has 9 heteroatoms. The van der Waals surface area contributed by atoms with Crippen molar-refractivity contribution in [1.82, 2.24) is 5.16 Å². The minimum atomic E-state index is -1.38. The number of carboxylic acid groups (broad SMARTS) is 2. The van der Waals surface area contributed by atoms with Crippen LogP contribution in [0.5, 0.6) is 5.75 Å². The molecule has 2 rings (SSSR count). The summed E-state index contributed by atoms with van der Waals surface area (Å²) in [5.41, 5.74) is -1.17. The normalized spacial score (nSPS) is 10.2. The standard InChI is InChI=1S/C13H10N2O7/c1-5-9(13(20)21)10(15-22-5)11(17)14-6-2-3-8(16)7(4-6)12(18)19/h2-4,16H,1H3,(H,14,17)(H,18,19)(H,20,21). The molecule has 0 spiro atoms. The Morgan fingerprint density at radius 3 is 2.45 bits per heavy atom. The summed E-state index contributed by atoms with van der Waals surface area (Å²) >= 11 is 0. The summed E-state index contributed by atoms with van der Waals surface area (Å²) in [6, 6.07) is 3.38. The zero-order valence-electron chi connectivity index (χ0n) is 11.2. The second kappa shape index (κ2) is 5.56. The van der Waals surface area contributed by atoms with E-state index < -0.39 is 34.9 Å². The fraction of sp³-hybridized carbons (Fsp3) is 0.0769. The van der Waals surface area contributed by atoms with Crippen LogP contribution in [0.15, 0.2) is 22.7 Å². The van der Waals surface area contributed by atoms with Crippen molar-refractivity contribution >= 4 is 23.5 Å². The van der Waals surface area contributed by atoms with E-state index in [0.717, 1.165) is 12.1 Å². The molecule has 0 unspecified atom stereocenters. The molecule has 1 aromatic heterocycles. The van der Waals surface area contributed by atoms with Crippen LogP contribution in [0.25, 0.3) is 0 Å². The van der Waals surface area contributed by atoms with Gasteiger partial charge in [-0.25, -0.2) is 9.59 Å². The molecule has 0 saturated heterocycles. The molecule has 114 valence electrons. The number of carbonyl (C=O) groups excluding carboxylic acids is 1. The van der Waals surface area contributed by atoms with E-state index in [1.165, 1.54) is 13.0 Å². The maximum absolute atomic E-state index is 12.0. The van der Waals surface area contributed by atoms with Gasteiger partial charge in [0.2, 0.25) is 0 Å². The molecule has 0 atom stereocenters. The van der Waals surface area contributed by atoms with Gasteiger partial charge in [-0.05, 0) is 25.1 Å². The van der Waals surface area contributed by atoms with Gasteiger partial charge < -0.3 is 25.2 Å². The van der Waals surface area contributed by atoms with Crippen molar-refractivity contribution in [2.24, 2.45) is 0 Å². The van der Waals surface area contributed by atoms with Crippen LogP contribution in [0.4, 0.5) is 5.69 Å². The summed E-state index contributed by atoms with van der Waals surface area (Å²) in [6.45, 7) is 1.34. The quantitative estimate of drug-likeness (QED) is 0.618. The van der Waals surface area contributed by atoms with E-state index >= 15 is 0 Å². The highest BCUT2D eigenvalue weighted by Gasteiger charge is 2.25. The Balaban J connectivity index is 2.32. The Hall–Kier alpha value is -3.36. The van der Waals surface area contributed by atoms with Crippen LogP contribution in [0.2, 0.25) is 0 Å². The van der Waals surface area contributed by atoms with Crippen LogP contribution in [-0.2, 0) is 0 Å². The largest absolute Gasteiger partial charge is 0.507 e. The lowest BCUT2D eigenvalue weighted by Gasteiger charge is -2.06. The average Bonchev–Trinajstić information content (AvgIpc) is 2.82. The molecule has 1 aromatic carbocycles. The predicted molar refractivity (Wildman–Crippen MR) is 71.2 cm³/mol. The lowest BCUT2D eigenvalue weighted by molar-refractivity contribution is 0.0682. The predicted octanol–water partition coefficient (Wildman–Crippen LogP) is 1.34. The van der Waals surface area contributed by atoms with Gasteiger partial charge in [0.1, 0.15) is 22.6 Å². The van der Waals surface area contributed by atoms with Gasteiger partial charge >= 0.3 is 11.9 Å². The van der Waals surface area contributed by atoms with E-state index in [2.05, 4.69) is 15.0 Å². The van der Waals surface area contributed by atoms with E-state index in [0.29, 0.717) is 0 Å². The number of aromatic carboxylic acids is 2. The van der Waals surface area contributed by atoms with Crippen molar-refractivity contribution in [2.45, 2.75) is 6.92 Å². The molecular weight excluding hydrogens is 296 g/mol. The van der Waals surface area contributed by atoms with Crippen LogP contribution in [0.3, 0.4) is 0 Å². The summed E-state index contributed by atoms with van der Waals surface area (Å²) in [5.74, 6) is -4.13. The summed E-state index contributed by atoms with van der Waals surface area (Å²) in [4.78, 5) is 34.0. The topological polar surface area (TPSA) is 150 Å². The number of nitrogens with one attached hydrogen (secondary N) is 1. The van der Waals surface area contributed by atoms with Gasteiger partial charge in [0.15, 0.2) is 5.69 Å². The number of anilines is 1. The van der Waals surface area contributed by atoms with Gasteiger partial charge in [-0.15, -0.1) is 0 Å². The van der Waals surface area contributed by atoms with Crippen LogP contribution in [-0.4, -0.2) is 38.3 Å². The highest BCUT2D eigenvalue weighted by atomic mass is 16.5. The fourth-order valence-electron chi connectivity index (χ4n) is 1.75. The van der Waals surface area contributed by atoms with Gasteiger partial charge in [0.05, 0.1) is 0 Å². The highest BCUT2D eigenvalue weighted by molar-refractivity contribution is 6.10.